The van der Waals surface area contributed by atoms with Crippen LogP contribution in [0.15, 0.2) is 18.2 Å². The molecule has 0 saturated heterocycles. The normalized spacial score (nSPS) is 9.83. The van der Waals surface area contributed by atoms with Gasteiger partial charge in [-0.2, -0.15) is 0 Å². The van der Waals surface area contributed by atoms with Crippen molar-refractivity contribution in [3.63, 3.8) is 0 Å². The van der Waals surface area contributed by atoms with Gasteiger partial charge in [-0.15, -0.1) is 12.4 Å². The second-order valence-electron chi connectivity index (χ2n) is 4.04. The lowest BCUT2D eigenvalue weighted by atomic mass is 10.1. The van der Waals surface area contributed by atoms with Crippen molar-refractivity contribution in [2.45, 2.75) is 6.42 Å². The third-order valence-corrected chi connectivity index (χ3v) is 2.49. The van der Waals surface area contributed by atoms with E-state index in [2.05, 4.69) is 0 Å². The smallest absolute Gasteiger partial charge is 0.168 e. The minimum absolute atomic E-state index is 0. The largest absolute Gasteiger partial charge is 0.497 e. The molecule has 5 heteroatoms. The summed E-state index contributed by atoms with van der Waals surface area (Å²) in [5.74, 6) is 1.32. The van der Waals surface area contributed by atoms with Crippen molar-refractivity contribution in [1.82, 2.24) is 4.90 Å². The summed E-state index contributed by atoms with van der Waals surface area (Å²) in [4.78, 5) is 14.0. The number of hydrogen-bond donors (Lipinski definition) is 0. The Hall–Kier alpha value is -1.26. The predicted molar refractivity (Wildman–Crippen MR) is 74.3 cm³/mol. The van der Waals surface area contributed by atoms with Gasteiger partial charge in [-0.25, -0.2) is 0 Å². The van der Waals surface area contributed by atoms with E-state index in [9.17, 15) is 4.79 Å². The number of halogens is 1. The van der Waals surface area contributed by atoms with Crippen LogP contribution in [0.3, 0.4) is 0 Å². The standard InChI is InChI=1S/C13H19NO3.ClH/c1-14(2)8-7-12(15)11-9-10(16-3)5-6-13(11)17-4;/h5-6,9H,7-8H2,1-4H3;1H. The molecule has 0 saturated carbocycles. The molecule has 0 aliphatic carbocycles. The van der Waals surface area contributed by atoms with E-state index in [1.165, 1.54) is 0 Å². The molecule has 102 valence electrons. The highest BCUT2D eigenvalue weighted by Gasteiger charge is 2.13. The third-order valence-electron chi connectivity index (χ3n) is 2.49. The molecule has 0 aliphatic heterocycles. The van der Waals surface area contributed by atoms with Gasteiger partial charge >= 0.3 is 0 Å². The zero-order chi connectivity index (χ0) is 12.8. The number of carbonyl (C=O) groups is 1. The van der Waals surface area contributed by atoms with Crippen molar-refractivity contribution < 1.29 is 14.3 Å². The molecule has 0 radical (unpaired) electrons. The van der Waals surface area contributed by atoms with Crippen LogP contribution in [0.2, 0.25) is 0 Å². The van der Waals surface area contributed by atoms with Gasteiger partial charge in [0.1, 0.15) is 11.5 Å². The molecular weight excluding hydrogens is 254 g/mol. The summed E-state index contributed by atoms with van der Waals surface area (Å²) in [5, 5.41) is 0. The number of ether oxygens (including phenoxy) is 2. The predicted octanol–water partition coefficient (Wildman–Crippen LogP) is 2.26. The third kappa shape index (κ3) is 4.55. The topological polar surface area (TPSA) is 38.8 Å². The minimum atomic E-state index is 0. The van der Waals surface area contributed by atoms with E-state index in [-0.39, 0.29) is 18.2 Å². The molecule has 0 aliphatic rings. The van der Waals surface area contributed by atoms with Crippen molar-refractivity contribution in [1.29, 1.82) is 0 Å². The zero-order valence-electron chi connectivity index (χ0n) is 11.2. The van der Waals surface area contributed by atoms with Gasteiger partial charge in [0, 0.05) is 13.0 Å². The molecule has 1 aromatic carbocycles. The van der Waals surface area contributed by atoms with E-state index >= 15 is 0 Å². The van der Waals surface area contributed by atoms with Gasteiger partial charge in [0.2, 0.25) is 0 Å². The maximum absolute atomic E-state index is 12.0. The van der Waals surface area contributed by atoms with E-state index in [0.29, 0.717) is 23.5 Å². The maximum atomic E-state index is 12.0. The number of benzene rings is 1. The van der Waals surface area contributed by atoms with Gasteiger partial charge in [-0.3, -0.25) is 4.79 Å². The average Bonchev–Trinajstić information content (AvgIpc) is 2.34. The fourth-order valence-corrected chi connectivity index (χ4v) is 1.49. The summed E-state index contributed by atoms with van der Waals surface area (Å²) in [7, 11) is 7.02. The highest BCUT2D eigenvalue weighted by molar-refractivity contribution is 5.99. The van der Waals surface area contributed by atoms with E-state index < -0.39 is 0 Å². The van der Waals surface area contributed by atoms with Crippen LogP contribution >= 0.6 is 12.4 Å². The number of hydrogen-bond acceptors (Lipinski definition) is 4. The first-order chi connectivity index (χ1) is 8.08. The fraction of sp³-hybridized carbons (Fsp3) is 0.462. The quantitative estimate of drug-likeness (QED) is 0.746. The Morgan fingerprint density at radius 3 is 2.39 bits per heavy atom. The molecule has 1 rings (SSSR count). The molecule has 0 atom stereocenters. The van der Waals surface area contributed by atoms with Gasteiger partial charge in [0.25, 0.3) is 0 Å². The molecule has 18 heavy (non-hydrogen) atoms. The van der Waals surface area contributed by atoms with E-state index in [4.69, 9.17) is 9.47 Å². The number of nitrogens with zero attached hydrogens (tertiary/aromatic N) is 1. The molecule has 0 N–H and O–H groups in total. The van der Waals surface area contributed by atoms with Gasteiger partial charge in [0.05, 0.1) is 19.8 Å². The summed E-state index contributed by atoms with van der Waals surface area (Å²) in [6.45, 7) is 0.721. The second-order valence-corrected chi connectivity index (χ2v) is 4.04. The second kappa shape index (κ2) is 7.95. The molecule has 0 amide bonds. The van der Waals surface area contributed by atoms with Crippen molar-refractivity contribution >= 4 is 18.2 Å². The number of carbonyl (C=O) groups excluding carboxylic acids is 1. The highest BCUT2D eigenvalue weighted by atomic mass is 35.5. The fourth-order valence-electron chi connectivity index (χ4n) is 1.49. The Labute approximate surface area is 114 Å². The lowest BCUT2D eigenvalue weighted by Crippen LogP contribution is -2.17. The summed E-state index contributed by atoms with van der Waals surface area (Å²) < 4.78 is 10.3. The first-order valence-electron chi connectivity index (χ1n) is 5.48. The van der Waals surface area contributed by atoms with E-state index in [1.807, 2.05) is 19.0 Å². The van der Waals surface area contributed by atoms with Gasteiger partial charge in [-0.1, -0.05) is 0 Å². The Morgan fingerprint density at radius 2 is 1.89 bits per heavy atom. The number of methoxy groups -OCH3 is 2. The van der Waals surface area contributed by atoms with Crippen LogP contribution in [-0.4, -0.2) is 45.5 Å². The van der Waals surface area contributed by atoms with Crippen LogP contribution in [0, 0.1) is 0 Å². The first kappa shape index (κ1) is 16.7. The van der Waals surface area contributed by atoms with Crippen molar-refractivity contribution in [3.8, 4) is 11.5 Å². The van der Waals surface area contributed by atoms with Crippen LogP contribution in [0.5, 0.6) is 11.5 Å². The van der Waals surface area contributed by atoms with Gasteiger partial charge in [-0.05, 0) is 32.3 Å². The SMILES string of the molecule is COc1ccc(OC)c(C(=O)CCN(C)C)c1.Cl. The molecule has 0 bridgehead atoms. The van der Waals surface area contributed by atoms with Crippen LogP contribution < -0.4 is 9.47 Å². The Kier molecular flexibility index (Phi) is 7.39. The van der Waals surface area contributed by atoms with Crippen LogP contribution in [-0.2, 0) is 0 Å². The summed E-state index contributed by atoms with van der Waals surface area (Å²) >= 11 is 0. The molecule has 0 aromatic heterocycles. The Bertz CT molecular complexity index is 394. The zero-order valence-corrected chi connectivity index (χ0v) is 12.0. The summed E-state index contributed by atoms with van der Waals surface area (Å²) in [5.41, 5.74) is 0.578. The summed E-state index contributed by atoms with van der Waals surface area (Å²) in [6.07, 6.45) is 0.469. The van der Waals surface area contributed by atoms with Crippen LogP contribution in [0.1, 0.15) is 16.8 Å². The van der Waals surface area contributed by atoms with E-state index in [1.54, 1.807) is 32.4 Å². The van der Waals surface area contributed by atoms with Crippen molar-refractivity contribution in [2.24, 2.45) is 0 Å². The maximum Gasteiger partial charge on any atom is 0.168 e. The number of ketones is 1. The highest BCUT2D eigenvalue weighted by Crippen LogP contribution is 2.25. The minimum Gasteiger partial charge on any atom is -0.497 e. The average molecular weight is 274 g/mol. The molecular formula is C13H20ClNO3. The molecule has 0 unspecified atom stereocenters. The first-order valence-corrected chi connectivity index (χ1v) is 5.48. The summed E-state index contributed by atoms with van der Waals surface area (Å²) in [6, 6.07) is 5.25. The lowest BCUT2D eigenvalue weighted by Gasteiger charge is -2.11. The Morgan fingerprint density at radius 1 is 1.22 bits per heavy atom. The van der Waals surface area contributed by atoms with Crippen LogP contribution in [0.25, 0.3) is 0 Å². The molecule has 0 heterocycles. The van der Waals surface area contributed by atoms with Crippen molar-refractivity contribution in [3.05, 3.63) is 23.8 Å². The Balaban J connectivity index is 0.00000289. The van der Waals surface area contributed by atoms with Crippen molar-refractivity contribution in [2.75, 3.05) is 34.9 Å². The number of Topliss-reactive ketones (excluding diaryl/α,β-unsaturated/α-hetero) is 1. The molecule has 0 fully saturated rings. The molecule has 0 spiro atoms. The van der Waals surface area contributed by atoms with E-state index in [0.717, 1.165) is 6.54 Å². The van der Waals surface area contributed by atoms with Gasteiger partial charge in [0.15, 0.2) is 5.78 Å². The lowest BCUT2D eigenvalue weighted by molar-refractivity contribution is 0.0969. The molecule has 1 aromatic rings. The molecule has 4 nitrogen and oxygen atoms in total. The monoisotopic (exact) mass is 273 g/mol. The van der Waals surface area contributed by atoms with Gasteiger partial charge < -0.3 is 14.4 Å². The number of rotatable bonds is 6. The van der Waals surface area contributed by atoms with Crippen LogP contribution in [0.4, 0.5) is 0 Å².